The molecule has 0 saturated heterocycles. The van der Waals surface area contributed by atoms with Gasteiger partial charge in [-0.1, -0.05) is 23.7 Å². The molecule has 1 N–H and O–H groups in total. The van der Waals surface area contributed by atoms with Crippen molar-refractivity contribution in [2.24, 2.45) is 0 Å². The van der Waals surface area contributed by atoms with Gasteiger partial charge in [0.05, 0.1) is 23.4 Å². The molecule has 1 aliphatic rings. The van der Waals surface area contributed by atoms with Crippen molar-refractivity contribution in [1.82, 2.24) is 9.88 Å². The van der Waals surface area contributed by atoms with Gasteiger partial charge in [0.15, 0.2) is 0 Å². The zero-order chi connectivity index (χ0) is 19.7. The number of anilines is 1. The van der Waals surface area contributed by atoms with Gasteiger partial charge in [-0.3, -0.25) is 9.78 Å². The highest BCUT2D eigenvalue weighted by Gasteiger charge is 2.37. The number of nitrogens with zero attached hydrogens (tertiary/aromatic N) is 2. The van der Waals surface area contributed by atoms with Gasteiger partial charge >= 0.3 is 0 Å². The number of pyridine rings is 1. The fourth-order valence-electron chi connectivity index (χ4n) is 3.25. The van der Waals surface area contributed by atoms with Crippen LogP contribution in [-0.4, -0.2) is 22.9 Å². The number of aromatic nitrogens is 1. The topological polar surface area (TPSA) is 54.5 Å². The summed E-state index contributed by atoms with van der Waals surface area (Å²) in [5.41, 5.74) is 2.73. The molecule has 2 heterocycles. The fraction of sp³-hybridized carbons (Fsp3) is 0.143. The quantitative estimate of drug-likeness (QED) is 0.681. The van der Waals surface area contributed by atoms with Crippen LogP contribution < -0.4 is 10.1 Å². The highest BCUT2D eigenvalue weighted by Crippen LogP contribution is 2.35. The number of amides is 1. The van der Waals surface area contributed by atoms with Crippen LogP contribution in [0, 0.1) is 5.82 Å². The molecular weight excluding hydrogens is 381 g/mol. The van der Waals surface area contributed by atoms with Crippen LogP contribution in [-0.2, 0) is 6.54 Å². The largest absolute Gasteiger partial charge is 0.495 e. The number of hydrogen-bond acceptors (Lipinski definition) is 4. The summed E-state index contributed by atoms with van der Waals surface area (Å²) in [5.74, 6) is 0.116. The Kier molecular flexibility index (Phi) is 4.88. The number of methoxy groups -OCH3 is 1. The summed E-state index contributed by atoms with van der Waals surface area (Å²) >= 11 is 6.23. The summed E-state index contributed by atoms with van der Waals surface area (Å²) in [6.07, 6.45) is 1.18. The standard InChI is InChI=1S/C21H17ClFN3O2/c1-28-18-9-8-15(11-17(18)22)25-20-19-16(3-2-10-24-19)21(27)26(20)12-13-4-6-14(23)7-5-13/h2-11,20,25H,12H2,1H3/t20-/m1/s1. The van der Waals surface area contributed by atoms with Gasteiger partial charge in [-0.15, -0.1) is 0 Å². The van der Waals surface area contributed by atoms with Crippen molar-refractivity contribution in [1.29, 1.82) is 0 Å². The molecule has 0 spiro atoms. The Hall–Kier alpha value is -3.12. The molecule has 0 radical (unpaired) electrons. The lowest BCUT2D eigenvalue weighted by atomic mass is 10.2. The van der Waals surface area contributed by atoms with Crippen molar-refractivity contribution >= 4 is 23.2 Å². The summed E-state index contributed by atoms with van der Waals surface area (Å²) < 4.78 is 18.4. The molecular formula is C21H17ClFN3O2. The van der Waals surface area contributed by atoms with Crippen LogP contribution in [0.3, 0.4) is 0 Å². The molecule has 142 valence electrons. The first-order valence-electron chi connectivity index (χ1n) is 8.67. The first kappa shape index (κ1) is 18.3. The Morgan fingerprint density at radius 3 is 2.71 bits per heavy atom. The minimum atomic E-state index is -0.474. The molecule has 5 nitrogen and oxygen atoms in total. The molecule has 7 heteroatoms. The van der Waals surface area contributed by atoms with E-state index in [4.69, 9.17) is 16.3 Å². The van der Waals surface area contributed by atoms with Crippen molar-refractivity contribution in [3.63, 3.8) is 0 Å². The van der Waals surface area contributed by atoms with E-state index in [2.05, 4.69) is 10.3 Å². The summed E-state index contributed by atoms with van der Waals surface area (Å²) in [6, 6.07) is 14.9. The summed E-state index contributed by atoms with van der Waals surface area (Å²) in [4.78, 5) is 19.0. The minimum absolute atomic E-state index is 0.135. The average molecular weight is 398 g/mol. The second kappa shape index (κ2) is 7.48. The SMILES string of the molecule is COc1ccc(N[C@H]2c3ncccc3C(=O)N2Cc2ccc(F)cc2)cc1Cl. The average Bonchev–Trinajstić information content (AvgIpc) is 2.96. The minimum Gasteiger partial charge on any atom is -0.495 e. The van der Waals surface area contributed by atoms with Gasteiger partial charge in [0.2, 0.25) is 0 Å². The van der Waals surface area contributed by atoms with Gasteiger partial charge in [0, 0.05) is 18.4 Å². The van der Waals surface area contributed by atoms with E-state index in [0.717, 1.165) is 11.3 Å². The van der Waals surface area contributed by atoms with Gasteiger partial charge in [-0.25, -0.2) is 4.39 Å². The number of rotatable bonds is 5. The van der Waals surface area contributed by atoms with E-state index in [9.17, 15) is 9.18 Å². The number of hydrogen-bond donors (Lipinski definition) is 1. The number of fused-ring (bicyclic) bond motifs is 1. The lowest BCUT2D eigenvalue weighted by Gasteiger charge is -2.26. The summed E-state index contributed by atoms with van der Waals surface area (Å²) in [7, 11) is 1.55. The normalized spacial score (nSPS) is 15.5. The molecule has 0 unspecified atom stereocenters. The maximum atomic E-state index is 13.2. The van der Waals surface area contributed by atoms with Crippen molar-refractivity contribution in [2.45, 2.75) is 12.7 Å². The predicted octanol–water partition coefficient (Wildman–Crippen LogP) is 4.65. The Bertz CT molecular complexity index is 1030. The lowest BCUT2D eigenvalue weighted by molar-refractivity contribution is 0.0727. The van der Waals surface area contributed by atoms with E-state index >= 15 is 0 Å². The molecule has 4 rings (SSSR count). The lowest BCUT2D eigenvalue weighted by Crippen LogP contribution is -2.32. The van der Waals surface area contributed by atoms with E-state index in [1.807, 2.05) is 6.07 Å². The van der Waals surface area contributed by atoms with Gasteiger partial charge in [0.25, 0.3) is 5.91 Å². The highest BCUT2D eigenvalue weighted by atomic mass is 35.5. The van der Waals surface area contributed by atoms with Crippen LogP contribution in [0.25, 0.3) is 0 Å². The molecule has 0 saturated carbocycles. The monoisotopic (exact) mass is 397 g/mol. The van der Waals surface area contributed by atoms with Crippen molar-refractivity contribution < 1.29 is 13.9 Å². The molecule has 0 fully saturated rings. The van der Waals surface area contributed by atoms with Crippen molar-refractivity contribution in [3.05, 3.63) is 88.5 Å². The van der Waals surface area contributed by atoms with Crippen LogP contribution in [0.4, 0.5) is 10.1 Å². The van der Waals surface area contributed by atoms with Gasteiger partial charge in [-0.2, -0.15) is 0 Å². The van der Waals surface area contributed by atoms with Gasteiger partial charge in [0.1, 0.15) is 17.7 Å². The second-order valence-electron chi connectivity index (χ2n) is 6.39. The predicted molar refractivity (Wildman–Crippen MR) is 105 cm³/mol. The molecule has 1 aromatic heterocycles. The third-order valence-corrected chi connectivity index (χ3v) is 4.92. The summed E-state index contributed by atoms with van der Waals surface area (Å²) in [6.45, 7) is 0.316. The number of carbonyl (C=O) groups is 1. The Balaban J connectivity index is 1.67. The zero-order valence-electron chi connectivity index (χ0n) is 15.0. The number of ether oxygens (including phenoxy) is 1. The molecule has 1 aliphatic heterocycles. The van der Waals surface area contributed by atoms with Crippen LogP contribution in [0.15, 0.2) is 60.8 Å². The first-order chi connectivity index (χ1) is 13.6. The number of nitrogens with one attached hydrogen (secondary N) is 1. The highest BCUT2D eigenvalue weighted by molar-refractivity contribution is 6.32. The molecule has 28 heavy (non-hydrogen) atoms. The van der Waals surface area contributed by atoms with E-state index < -0.39 is 6.17 Å². The fourth-order valence-corrected chi connectivity index (χ4v) is 3.50. The first-order valence-corrected chi connectivity index (χ1v) is 9.05. The maximum absolute atomic E-state index is 13.2. The zero-order valence-corrected chi connectivity index (χ0v) is 15.8. The maximum Gasteiger partial charge on any atom is 0.258 e. The van der Waals surface area contributed by atoms with Crippen LogP contribution in [0.1, 0.15) is 27.8 Å². The van der Waals surface area contributed by atoms with Crippen LogP contribution >= 0.6 is 11.6 Å². The third-order valence-electron chi connectivity index (χ3n) is 4.62. The second-order valence-corrected chi connectivity index (χ2v) is 6.80. The smallest absolute Gasteiger partial charge is 0.258 e. The van der Waals surface area contributed by atoms with Gasteiger partial charge in [-0.05, 0) is 48.0 Å². The number of halogens is 2. The van der Waals surface area contributed by atoms with E-state index in [1.54, 1.807) is 54.6 Å². The van der Waals surface area contributed by atoms with E-state index in [0.29, 0.717) is 28.6 Å². The summed E-state index contributed by atoms with van der Waals surface area (Å²) in [5, 5.41) is 3.79. The molecule has 1 amide bonds. The molecule has 1 atom stereocenters. The van der Waals surface area contributed by atoms with Crippen molar-refractivity contribution in [3.8, 4) is 5.75 Å². The third kappa shape index (κ3) is 3.39. The Morgan fingerprint density at radius 1 is 1.21 bits per heavy atom. The molecule has 3 aromatic rings. The number of carbonyl (C=O) groups excluding carboxylic acids is 1. The van der Waals surface area contributed by atoms with E-state index in [1.165, 1.54) is 12.1 Å². The molecule has 0 aliphatic carbocycles. The van der Waals surface area contributed by atoms with Gasteiger partial charge < -0.3 is 15.0 Å². The molecule has 2 aromatic carbocycles. The Labute approximate surface area is 166 Å². The van der Waals surface area contributed by atoms with E-state index in [-0.39, 0.29) is 11.7 Å². The van der Waals surface area contributed by atoms with Crippen molar-refractivity contribution in [2.75, 3.05) is 12.4 Å². The van der Waals surface area contributed by atoms with Crippen LogP contribution in [0.2, 0.25) is 5.02 Å². The Morgan fingerprint density at radius 2 is 2.00 bits per heavy atom. The van der Waals surface area contributed by atoms with Crippen LogP contribution in [0.5, 0.6) is 5.75 Å². The molecule has 0 bridgehead atoms. The number of benzene rings is 2.